The Kier molecular flexibility index (Phi) is 4.50. The second-order valence-electron chi connectivity index (χ2n) is 5.07. The van der Waals surface area contributed by atoms with E-state index in [4.69, 9.17) is 17.0 Å². The van der Waals surface area contributed by atoms with Crippen LogP contribution < -0.4 is 9.64 Å². The van der Waals surface area contributed by atoms with Crippen LogP contribution in [0.3, 0.4) is 0 Å². The number of rotatable bonds is 3. The number of carbonyl (C=O) groups is 1. The van der Waals surface area contributed by atoms with Crippen LogP contribution in [0, 0.1) is 6.92 Å². The number of aryl methyl sites for hydroxylation is 1. The van der Waals surface area contributed by atoms with Gasteiger partial charge in [-0.3, -0.25) is 9.69 Å². The number of benzene rings is 2. The zero-order valence-electron chi connectivity index (χ0n) is 12.8. The minimum atomic E-state index is -0.0894. The number of thiocarbonyl (C=S) groups is 1. The summed E-state index contributed by atoms with van der Waals surface area (Å²) >= 11 is 6.71. The molecule has 0 aromatic heterocycles. The summed E-state index contributed by atoms with van der Waals surface area (Å²) in [6, 6.07) is 15.3. The highest BCUT2D eigenvalue weighted by Gasteiger charge is 2.33. The number of nitrogens with zero attached hydrogens (tertiary/aromatic N) is 1. The minimum absolute atomic E-state index is 0.0894. The van der Waals surface area contributed by atoms with Crippen LogP contribution in [0.2, 0.25) is 0 Å². The van der Waals surface area contributed by atoms with Crippen LogP contribution in [0.5, 0.6) is 5.75 Å². The van der Waals surface area contributed by atoms with Gasteiger partial charge in [0.25, 0.3) is 5.91 Å². The number of anilines is 1. The summed E-state index contributed by atoms with van der Waals surface area (Å²) in [5.74, 6) is 0.656. The van der Waals surface area contributed by atoms with Crippen molar-refractivity contribution in [3.63, 3.8) is 0 Å². The summed E-state index contributed by atoms with van der Waals surface area (Å²) in [6.07, 6.45) is 1.90. The van der Waals surface area contributed by atoms with Crippen LogP contribution in [0.25, 0.3) is 6.08 Å². The maximum absolute atomic E-state index is 12.7. The largest absolute Gasteiger partial charge is 0.497 e. The Morgan fingerprint density at radius 2 is 1.83 bits per heavy atom. The lowest BCUT2D eigenvalue weighted by Crippen LogP contribution is -2.27. The third-order valence-corrected chi connectivity index (χ3v) is 4.90. The van der Waals surface area contributed by atoms with Gasteiger partial charge in [0, 0.05) is 0 Å². The summed E-state index contributed by atoms with van der Waals surface area (Å²) < 4.78 is 5.69. The summed E-state index contributed by atoms with van der Waals surface area (Å²) in [6.45, 7) is 2.02. The molecule has 23 heavy (non-hydrogen) atoms. The smallest absolute Gasteiger partial charge is 0.270 e. The van der Waals surface area contributed by atoms with E-state index >= 15 is 0 Å². The lowest BCUT2D eigenvalue weighted by Gasteiger charge is -2.14. The van der Waals surface area contributed by atoms with Gasteiger partial charge in [0.05, 0.1) is 17.7 Å². The van der Waals surface area contributed by atoms with E-state index in [1.54, 1.807) is 12.0 Å². The van der Waals surface area contributed by atoms with Crippen molar-refractivity contribution in [1.29, 1.82) is 0 Å². The van der Waals surface area contributed by atoms with Crippen molar-refractivity contribution in [2.45, 2.75) is 6.92 Å². The van der Waals surface area contributed by atoms with Crippen molar-refractivity contribution in [3.8, 4) is 5.75 Å². The molecule has 0 atom stereocenters. The second kappa shape index (κ2) is 6.56. The fraction of sp³-hybridized carbons (Fsp3) is 0.111. The SMILES string of the molecule is COc1ccc(N2C(=O)C(=Cc3ccccc3C)SC2=S)cc1. The first-order valence-electron chi connectivity index (χ1n) is 7.08. The van der Waals surface area contributed by atoms with Gasteiger partial charge in [-0.05, 0) is 48.4 Å². The van der Waals surface area contributed by atoms with Crippen molar-refractivity contribution in [1.82, 2.24) is 0 Å². The van der Waals surface area contributed by atoms with E-state index in [2.05, 4.69) is 0 Å². The molecule has 0 saturated carbocycles. The minimum Gasteiger partial charge on any atom is -0.497 e. The Labute approximate surface area is 144 Å². The van der Waals surface area contributed by atoms with Gasteiger partial charge in [-0.15, -0.1) is 0 Å². The van der Waals surface area contributed by atoms with Gasteiger partial charge in [-0.25, -0.2) is 0 Å². The molecule has 0 radical (unpaired) electrons. The number of amides is 1. The Bertz CT molecular complexity index is 797. The van der Waals surface area contributed by atoms with E-state index in [-0.39, 0.29) is 5.91 Å². The predicted octanol–water partition coefficient (Wildman–Crippen LogP) is 4.41. The summed E-state index contributed by atoms with van der Waals surface area (Å²) in [7, 11) is 1.61. The Balaban J connectivity index is 1.92. The molecule has 1 saturated heterocycles. The fourth-order valence-electron chi connectivity index (χ4n) is 2.31. The molecule has 1 amide bonds. The highest BCUT2D eigenvalue weighted by Crippen LogP contribution is 2.36. The van der Waals surface area contributed by atoms with Crippen LogP contribution in [-0.4, -0.2) is 17.3 Å². The Morgan fingerprint density at radius 3 is 2.48 bits per heavy atom. The van der Waals surface area contributed by atoms with Crippen molar-refractivity contribution < 1.29 is 9.53 Å². The maximum atomic E-state index is 12.7. The van der Waals surface area contributed by atoms with Crippen LogP contribution in [0.1, 0.15) is 11.1 Å². The molecule has 3 rings (SSSR count). The van der Waals surface area contributed by atoms with E-state index in [1.165, 1.54) is 11.8 Å². The van der Waals surface area contributed by atoms with Gasteiger partial charge >= 0.3 is 0 Å². The second-order valence-corrected chi connectivity index (χ2v) is 6.75. The molecule has 116 valence electrons. The average molecular weight is 341 g/mol. The van der Waals surface area contributed by atoms with E-state index in [0.29, 0.717) is 9.23 Å². The molecule has 0 bridgehead atoms. The van der Waals surface area contributed by atoms with Crippen LogP contribution >= 0.6 is 24.0 Å². The third-order valence-electron chi connectivity index (χ3n) is 3.60. The van der Waals surface area contributed by atoms with E-state index in [1.807, 2.05) is 61.5 Å². The number of hydrogen-bond donors (Lipinski definition) is 0. The molecule has 2 aromatic carbocycles. The summed E-state index contributed by atoms with van der Waals surface area (Å²) in [4.78, 5) is 14.9. The molecule has 2 aromatic rings. The molecule has 0 spiro atoms. The number of ether oxygens (including phenoxy) is 1. The Morgan fingerprint density at radius 1 is 1.13 bits per heavy atom. The van der Waals surface area contributed by atoms with Gasteiger partial charge in [0.1, 0.15) is 5.75 Å². The fourth-order valence-corrected chi connectivity index (χ4v) is 3.60. The molecular formula is C18H15NO2S2. The van der Waals surface area contributed by atoms with Crippen LogP contribution in [0.15, 0.2) is 53.4 Å². The molecule has 3 nitrogen and oxygen atoms in total. The highest BCUT2D eigenvalue weighted by molar-refractivity contribution is 8.27. The van der Waals surface area contributed by atoms with Gasteiger partial charge in [0.15, 0.2) is 4.32 Å². The first-order chi connectivity index (χ1) is 11.1. The molecule has 1 heterocycles. The van der Waals surface area contributed by atoms with E-state index in [9.17, 15) is 4.79 Å². The lowest BCUT2D eigenvalue weighted by molar-refractivity contribution is -0.113. The molecule has 0 unspecified atom stereocenters. The molecular weight excluding hydrogens is 326 g/mol. The lowest BCUT2D eigenvalue weighted by atomic mass is 10.1. The molecule has 5 heteroatoms. The first kappa shape index (κ1) is 15.8. The monoisotopic (exact) mass is 341 g/mol. The summed E-state index contributed by atoms with van der Waals surface area (Å²) in [5, 5.41) is 0. The Hall–Kier alpha value is -2.11. The predicted molar refractivity (Wildman–Crippen MR) is 99.8 cm³/mol. The van der Waals surface area contributed by atoms with E-state index < -0.39 is 0 Å². The molecule has 1 fully saturated rings. The first-order valence-corrected chi connectivity index (χ1v) is 8.30. The molecule has 1 aliphatic rings. The molecule has 0 aliphatic carbocycles. The third kappa shape index (κ3) is 3.16. The average Bonchev–Trinajstić information content (AvgIpc) is 2.84. The van der Waals surface area contributed by atoms with Crippen molar-refractivity contribution in [2.75, 3.05) is 12.0 Å². The van der Waals surface area contributed by atoms with Gasteiger partial charge < -0.3 is 4.74 Å². The zero-order valence-corrected chi connectivity index (χ0v) is 14.4. The van der Waals surface area contributed by atoms with Crippen LogP contribution in [0.4, 0.5) is 5.69 Å². The van der Waals surface area contributed by atoms with Crippen molar-refractivity contribution in [3.05, 3.63) is 64.6 Å². The number of carbonyl (C=O) groups excluding carboxylic acids is 1. The maximum Gasteiger partial charge on any atom is 0.270 e. The van der Waals surface area contributed by atoms with Crippen LogP contribution in [-0.2, 0) is 4.79 Å². The quantitative estimate of drug-likeness (QED) is 0.611. The molecule has 0 N–H and O–H groups in total. The number of thioether (sulfide) groups is 1. The van der Waals surface area contributed by atoms with Gasteiger partial charge in [-0.2, -0.15) is 0 Å². The standard InChI is InChI=1S/C18H15NO2S2/c1-12-5-3-4-6-13(12)11-16-17(20)19(18(22)23-16)14-7-9-15(21-2)10-8-14/h3-11H,1-2H3. The normalized spacial score (nSPS) is 16.3. The van der Waals surface area contributed by atoms with Crippen molar-refractivity contribution >= 4 is 46.0 Å². The van der Waals surface area contributed by atoms with Gasteiger partial charge in [0.2, 0.25) is 0 Å². The number of hydrogen-bond acceptors (Lipinski definition) is 4. The zero-order chi connectivity index (χ0) is 16.4. The molecule has 1 aliphatic heterocycles. The van der Waals surface area contributed by atoms with Crippen molar-refractivity contribution in [2.24, 2.45) is 0 Å². The highest BCUT2D eigenvalue weighted by atomic mass is 32.2. The van der Waals surface area contributed by atoms with E-state index in [0.717, 1.165) is 22.6 Å². The van der Waals surface area contributed by atoms with Gasteiger partial charge in [-0.1, -0.05) is 48.2 Å². The topological polar surface area (TPSA) is 29.5 Å². The number of methoxy groups -OCH3 is 1. The summed E-state index contributed by atoms with van der Waals surface area (Å²) in [5.41, 5.74) is 2.91.